The zero-order valence-electron chi connectivity index (χ0n) is 15.0. The molecule has 0 spiro atoms. The Hall–Kier alpha value is -3.37. The van der Waals surface area contributed by atoms with Crippen molar-refractivity contribution in [1.82, 2.24) is 0 Å². The fourth-order valence-corrected chi connectivity index (χ4v) is 3.50. The minimum atomic E-state index is -0.447. The third-order valence-corrected chi connectivity index (χ3v) is 4.97. The maximum absolute atomic E-state index is 13.4. The fourth-order valence-electron chi connectivity index (χ4n) is 3.32. The molecule has 1 heterocycles. The van der Waals surface area contributed by atoms with E-state index in [-0.39, 0.29) is 11.7 Å². The molecule has 0 saturated heterocycles. The Morgan fingerprint density at radius 3 is 2.32 bits per heavy atom. The largest absolute Gasteiger partial charge is 0.507 e. The molecule has 1 N–H and O–H groups in total. The highest BCUT2D eigenvalue weighted by Gasteiger charge is 2.36. The highest BCUT2D eigenvalue weighted by molar-refractivity contribution is 6.43. The molecule has 5 heteroatoms. The van der Waals surface area contributed by atoms with Gasteiger partial charge in [0.1, 0.15) is 5.75 Å². The van der Waals surface area contributed by atoms with E-state index in [4.69, 9.17) is 11.6 Å². The van der Waals surface area contributed by atoms with Crippen LogP contribution in [0.2, 0.25) is 5.02 Å². The molecule has 0 atom stereocenters. The van der Waals surface area contributed by atoms with E-state index in [9.17, 15) is 14.7 Å². The Labute approximate surface area is 167 Å². The molecule has 4 rings (SSSR count). The van der Waals surface area contributed by atoms with Crippen LogP contribution in [0.25, 0.3) is 11.6 Å². The van der Waals surface area contributed by atoms with Crippen molar-refractivity contribution in [3.8, 4) is 5.75 Å². The van der Waals surface area contributed by atoms with E-state index in [1.54, 1.807) is 54.6 Å². The van der Waals surface area contributed by atoms with Crippen LogP contribution >= 0.6 is 11.6 Å². The van der Waals surface area contributed by atoms with Crippen molar-refractivity contribution >= 4 is 40.8 Å². The summed E-state index contributed by atoms with van der Waals surface area (Å²) in [6, 6.07) is 18.8. The van der Waals surface area contributed by atoms with E-state index in [0.29, 0.717) is 33.0 Å². The number of hydrogen-bond donors (Lipinski definition) is 1. The minimum Gasteiger partial charge on any atom is -0.507 e. The second-order valence-electron chi connectivity index (χ2n) is 6.54. The number of carbonyl (C=O) groups is 2. The molecule has 1 aliphatic rings. The van der Waals surface area contributed by atoms with Gasteiger partial charge in [0.05, 0.1) is 5.69 Å². The summed E-state index contributed by atoms with van der Waals surface area (Å²) in [5, 5.41) is 10.6. The van der Waals surface area contributed by atoms with Gasteiger partial charge in [-0.1, -0.05) is 48.0 Å². The molecule has 3 aromatic carbocycles. The van der Waals surface area contributed by atoms with Crippen molar-refractivity contribution in [1.29, 1.82) is 0 Å². The third kappa shape index (κ3) is 2.98. The van der Waals surface area contributed by atoms with Crippen molar-refractivity contribution in [2.24, 2.45) is 0 Å². The van der Waals surface area contributed by atoms with Crippen LogP contribution in [-0.4, -0.2) is 16.9 Å². The monoisotopic (exact) mass is 389 g/mol. The van der Waals surface area contributed by atoms with Crippen LogP contribution in [0.15, 0.2) is 66.7 Å². The molecule has 0 radical (unpaired) electrons. The molecule has 0 fully saturated rings. The molecule has 0 bridgehead atoms. The molecule has 0 aromatic heterocycles. The zero-order chi connectivity index (χ0) is 19.8. The first-order valence-electron chi connectivity index (χ1n) is 8.71. The number of phenols is 1. The van der Waals surface area contributed by atoms with Gasteiger partial charge in [-0.2, -0.15) is 0 Å². The number of fused-ring (bicyclic) bond motifs is 1. The third-order valence-electron chi connectivity index (χ3n) is 4.73. The van der Waals surface area contributed by atoms with Gasteiger partial charge in [-0.05, 0) is 54.5 Å². The predicted molar refractivity (Wildman–Crippen MR) is 110 cm³/mol. The van der Waals surface area contributed by atoms with E-state index >= 15 is 0 Å². The molecule has 138 valence electrons. The van der Waals surface area contributed by atoms with Crippen LogP contribution < -0.4 is 4.90 Å². The van der Waals surface area contributed by atoms with E-state index in [0.717, 1.165) is 5.56 Å². The number of benzene rings is 3. The maximum Gasteiger partial charge on any atom is 0.265 e. The number of imide groups is 1. The molecular weight excluding hydrogens is 374 g/mol. The Balaban J connectivity index is 1.95. The van der Waals surface area contributed by atoms with Gasteiger partial charge >= 0.3 is 0 Å². The molecule has 0 aliphatic carbocycles. The second-order valence-corrected chi connectivity index (χ2v) is 6.98. The maximum atomic E-state index is 13.4. The van der Waals surface area contributed by atoms with Gasteiger partial charge in [0, 0.05) is 21.7 Å². The molecule has 3 aromatic rings. The second kappa shape index (κ2) is 6.98. The first kappa shape index (κ1) is 18.0. The summed E-state index contributed by atoms with van der Waals surface area (Å²) in [6.45, 7) is 1.85. The molecular formula is C23H16ClNO3. The molecule has 28 heavy (non-hydrogen) atoms. The number of carbonyl (C=O) groups excluding carboxylic acids is 2. The fraction of sp³-hybridized carbons (Fsp3) is 0.0435. The average molecular weight is 390 g/mol. The van der Waals surface area contributed by atoms with Crippen LogP contribution in [0.1, 0.15) is 27.0 Å². The number of amides is 2. The number of nitrogens with zero attached hydrogens (tertiary/aromatic N) is 1. The van der Waals surface area contributed by atoms with Crippen molar-refractivity contribution in [3.63, 3.8) is 0 Å². The van der Waals surface area contributed by atoms with Crippen LogP contribution in [-0.2, 0) is 4.79 Å². The summed E-state index contributed by atoms with van der Waals surface area (Å²) in [4.78, 5) is 27.7. The number of aryl methyl sites for hydroxylation is 1. The van der Waals surface area contributed by atoms with Crippen molar-refractivity contribution in [2.45, 2.75) is 6.92 Å². The van der Waals surface area contributed by atoms with E-state index in [1.165, 1.54) is 11.0 Å². The lowest BCUT2D eigenvalue weighted by molar-refractivity contribution is -0.112. The van der Waals surface area contributed by atoms with Crippen molar-refractivity contribution in [2.75, 3.05) is 4.90 Å². The lowest BCUT2D eigenvalue weighted by atomic mass is 9.91. The van der Waals surface area contributed by atoms with E-state index in [1.807, 2.05) is 19.1 Å². The van der Waals surface area contributed by atoms with Gasteiger partial charge in [-0.15, -0.1) is 0 Å². The quantitative estimate of drug-likeness (QED) is 0.491. The molecule has 4 nitrogen and oxygen atoms in total. The van der Waals surface area contributed by atoms with Gasteiger partial charge in [-0.25, -0.2) is 4.90 Å². The Kier molecular flexibility index (Phi) is 4.49. The first-order chi connectivity index (χ1) is 13.5. The van der Waals surface area contributed by atoms with Gasteiger partial charge in [0.25, 0.3) is 11.8 Å². The number of halogens is 1. The zero-order valence-corrected chi connectivity index (χ0v) is 15.8. The van der Waals surface area contributed by atoms with Crippen LogP contribution in [0.4, 0.5) is 5.69 Å². The Bertz CT molecular complexity index is 1150. The highest BCUT2D eigenvalue weighted by atomic mass is 35.5. The topological polar surface area (TPSA) is 57.6 Å². The van der Waals surface area contributed by atoms with Crippen LogP contribution in [0, 0.1) is 6.92 Å². The number of para-hydroxylation sites is 1. The lowest BCUT2D eigenvalue weighted by Crippen LogP contribution is -2.42. The van der Waals surface area contributed by atoms with Gasteiger partial charge < -0.3 is 5.11 Å². The van der Waals surface area contributed by atoms with Gasteiger partial charge in [0.2, 0.25) is 0 Å². The van der Waals surface area contributed by atoms with Gasteiger partial charge in [-0.3, -0.25) is 9.59 Å². The molecule has 0 unspecified atom stereocenters. The summed E-state index contributed by atoms with van der Waals surface area (Å²) in [6.07, 6.45) is 1.57. The summed E-state index contributed by atoms with van der Waals surface area (Å²) in [7, 11) is 0. The summed E-state index contributed by atoms with van der Waals surface area (Å²) in [5.74, 6) is -0.818. The van der Waals surface area contributed by atoms with Crippen molar-refractivity contribution in [3.05, 3.63) is 94.0 Å². The Morgan fingerprint density at radius 2 is 1.57 bits per heavy atom. The SMILES string of the molecule is Cc1ccccc1N1C(=O)C(=Cc2cc(Cl)ccc2O)c2ccccc2C1=O. The molecule has 1 aliphatic heterocycles. The van der Waals surface area contributed by atoms with Crippen LogP contribution in [0.5, 0.6) is 5.75 Å². The number of hydrogen-bond acceptors (Lipinski definition) is 3. The highest BCUT2D eigenvalue weighted by Crippen LogP contribution is 2.36. The number of aromatic hydroxyl groups is 1. The van der Waals surface area contributed by atoms with Gasteiger partial charge in [0.15, 0.2) is 0 Å². The minimum absolute atomic E-state index is 0.00141. The van der Waals surface area contributed by atoms with Crippen LogP contribution in [0.3, 0.4) is 0 Å². The first-order valence-corrected chi connectivity index (χ1v) is 9.09. The standard InChI is InChI=1S/C23H16ClNO3/c1-14-6-2-5-9-20(14)25-22(27)18-8-4-3-7-17(18)19(23(25)28)13-15-12-16(24)10-11-21(15)26/h2-13,26H,1H3. The van der Waals surface area contributed by atoms with E-state index < -0.39 is 5.91 Å². The van der Waals surface area contributed by atoms with Crippen molar-refractivity contribution < 1.29 is 14.7 Å². The molecule has 2 amide bonds. The number of anilines is 1. The summed E-state index contributed by atoms with van der Waals surface area (Å²) < 4.78 is 0. The average Bonchev–Trinajstić information content (AvgIpc) is 2.69. The number of phenolic OH excluding ortho intramolecular Hbond substituents is 1. The summed E-state index contributed by atoms with van der Waals surface area (Å²) in [5.41, 5.74) is 3.03. The predicted octanol–water partition coefficient (Wildman–Crippen LogP) is 5.08. The Morgan fingerprint density at radius 1 is 0.893 bits per heavy atom. The smallest absolute Gasteiger partial charge is 0.265 e. The van der Waals surface area contributed by atoms with E-state index in [2.05, 4.69) is 0 Å². The normalized spacial score (nSPS) is 15.1. The summed E-state index contributed by atoms with van der Waals surface area (Å²) >= 11 is 6.05. The molecule has 0 saturated carbocycles. The lowest BCUT2D eigenvalue weighted by Gasteiger charge is -2.29. The number of rotatable bonds is 2.